The molecule has 0 saturated heterocycles. The number of rotatable bonds is 2. The number of carboxylic acid groups (broad SMARTS) is 1. The summed E-state index contributed by atoms with van der Waals surface area (Å²) >= 11 is 0. The average molecular weight is 297 g/mol. The Hall–Kier alpha value is -2.95. The lowest BCUT2D eigenvalue weighted by Crippen LogP contribution is -2.24. The van der Waals surface area contributed by atoms with Gasteiger partial charge in [-0.25, -0.2) is 9.18 Å². The van der Waals surface area contributed by atoms with Gasteiger partial charge in [-0.1, -0.05) is 24.3 Å². The summed E-state index contributed by atoms with van der Waals surface area (Å²) in [6.07, 6.45) is 0. The first-order chi connectivity index (χ1) is 10.5. The van der Waals surface area contributed by atoms with Crippen LogP contribution in [0.15, 0.2) is 53.3 Å². The molecule has 1 heterocycles. The second-order valence-electron chi connectivity index (χ2n) is 4.93. The molecule has 0 aliphatic rings. The van der Waals surface area contributed by atoms with Crippen LogP contribution in [0.25, 0.3) is 16.5 Å². The van der Waals surface area contributed by atoms with Crippen molar-refractivity contribution in [2.24, 2.45) is 0 Å². The van der Waals surface area contributed by atoms with Crippen LogP contribution in [-0.2, 0) is 0 Å². The van der Waals surface area contributed by atoms with Crippen LogP contribution in [-0.4, -0.2) is 15.6 Å². The van der Waals surface area contributed by atoms with Crippen molar-refractivity contribution in [1.82, 2.24) is 4.57 Å². The van der Waals surface area contributed by atoms with Crippen molar-refractivity contribution >= 4 is 16.7 Å². The quantitative estimate of drug-likeness (QED) is 0.790. The van der Waals surface area contributed by atoms with Gasteiger partial charge >= 0.3 is 5.97 Å². The molecule has 0 unspecified atom stereocenters. The van der Waals surface area contributed by atoms with Gasteiger partial charge in [0.15, 0.2) is 0 Å². The molecule has 0 fully saturated rings. The first kappa shape index (κ1) is 14.0. The van der Waals surface area contributed by atoms with E-state index in [0.29, 0.717) is 11.1 Å². The number of aromatic carboxylic acids is 1. The lowest BCUT2D eigenvalue weighted by molar-refractivity contribution is 0.0697. The van der Waals surface area contributed by atoms with Gasteiger partial charge in [0.25, 0.3) is 5.56 Å². The van der Waals surface area contributed by atoms with Gasteiger partial charge in [-0.15, -0.1) is 0 Å². The second-order valence-corrected chi connectivity index (χ2v) is 4.93. The third-order valence-corrected chi connectivity index (χ3v) is 3.61. The predicted molar refractivity (Wildman–Crippen MR) is 81.2 cm³/mol. The third-order valence-electron chi connectivity index (χ3n) is 3.61. The summed E-state index contributed by atoms with van der Waals surface area (Å²) in [5, 5.41) is 10.2. The minimum atomic E-state index is -1.13. The molecule has 0 amide bonds. The molecule has 0 radical (unpaired) electrons. The minimum Gasteiger partial charge on any atom is -0.478 e. The van der Waals surface area contributed by atoms with E-state index in [1.807, 2.05) is 0 Å². The van der Waals surface area contributed by atoms with E-state index in [0.717, 1.165) is 0 Å². The van der Waals surface area contributed by atoms with Crippen LogP contribution in [0.5, 0.6) is 0 Å². The fourth-order valence-electron chi connectivity index (χ4n) is 2.66. The van der Waals surface area contributed by atoms with Gasteiger partial charge in [0.05, 0.1) is 11.3 Å². The highest BCUT2D eigenvalue weighted by Gasteiger charge is 2.19. The summed E-state index contributed by atoms with van der Waals surface area (Å²) in [5.41, 5.74) is 0.237. The largest absolute Gasteiger partial charge is 0.478 e. The first-order valence-electron chi connectivity index (χ1n) is 6.64. The number of pyridine rings is 1. The van der Waals surface area contributed by atoms with E-state index in [1.165, 1.54) is 22.8 Å². The number of carbonyl (C=O) groups is 1. The van der Waals surface area contributed by atoms with Crippen LogP contribution in [0.3, 0.4) is 0 Å². The number of hydrogen-bond donors (Lipinski definition) is 1. The van der Waals surface area contributed by atoms with E-state index >= 15 is 0 Å². The van der Waals surface area contributed by atoms with Gasteiger partial charge in [-0.05, 0) is 31.2 Å². The zero-order valence-corrected chi connectivity index (χ0v) is 11.7. The summed E-state index contributed by atoms with van der Waals surface area (Å²) in [5.74, 6) is -1.62. The number of benzene rings is 2. The molecule has 0 aliphatic carbocycles. The molecule has 0 bridgehead atoms. The fraction of sp³-hybridized carbons (Fsp3) is 0.0588. The smallest absolute Gasteiger partial charge is 0.338 e. The number of hydrogen-bond acceptors (Lipinski definition) is 2. The molecular weight excluding hydrogens is 285 g/mol. The van der Waals surface area contributed by atoms with Crippen molar-refractivity contribution in [3.63, 3.8) is 0 Å². The zero-order valence-electron chi connectivity index (χ0n) is 11.7. The zero-order chi connectivity index (χ0) is 15.9. The Bertz CT molecular complexity index is 960. The van der Waals surface area contributed by atoms with Gasteiger partial charge in [-0.3, -0.25) is 9.36 Å². The monoisotopic (exact) mass is 297 g/mol. The van der Waals surface area contributed by atoms with E-state index in [9.17, 15) is 19.1 Å². The highest BCUT2D eigenvalue weighted by Crippen LogP contribution is 2.22. The van der Waals surface area contributed by atoms with Crippen LogP contribution in [0.2, 0.25) is 0 Å². The van der Waals surface area contributed by atoms with Crippen molar-refractivity contribution < 1.29 is 14.3 Å². The third kappa shape index (κ3) is 2.07. The van der Waals surface area contributed by atoms with Crippen LogP contribution in [0.4, 0.5) is 4.39 Å². The topological polar surface area (TPSA) is 59.3 Å². The molecule has 0 atom stereocenters. The highest BCUT2D eigenvalue weighted by molar-refractivity contribution is 6.04. The average Bonchev–Trinajstić information content (AvgIpc) is 2.47. The molecule has 0 spiro atoms. The lowest BCUT2D eigenvalue weighted by atomic mass is 10.0. The van der Waals surface area contributed by atoms with Crippen molar-refractivity contribution in [2.75, 3.05) is 0 Å². The molecule has 0 saturated carbocycles. The number of nitrogens with zero attached hydrogens (tertiary/aromatic N) is 1. The number of fused-ring (bicyclic) bond motifs is 1. The first-order valence-corrected chi connectivity index (χ1v) is 6.64. The summed E-state index contributed by atoms with van der Waals surface area (Å²) in [4.78, 5) is 24.3. The molecule has 3 rings (SSSR count). The lowest BCUT2D eigenvalue weighted by Gasteiger charge is -2.15. The standard InChI is InChI=1S/C17H12FNO3/c1-10-15(17(21)22)13-7-2-3-8-14(13)16(20)19(10)12-6-4-5-11(18)9-12/h2-9H,1H3,(H,21,22). The summed E-state index contributed by atoms with van der Waals surface area (Å²) < 4.78 is 14.7. The predicted octanol–water partition coefficient (Wildman–Crippen LogP) is 3.14. The van der Waals surface area contributed by atoms with Crippen molar-refractivity contribution in [2.45, 2.75) is 6.92 Å². The van der Waals surface area contributed by atoms with E-state index in [1.54, 1.807) is 37.3 Å². The summed E-state index contributed by atoms with van der Waals surface area (Å²) in [7, 11) is 0. The molecular formula is C17H12FNO3. The van der Waals surface area contributed by atoms with E-state index in [-0.39, 0.29) is 22.2 Å². The Kier molecular flexibility index (Phi) is 3.25. The molecule has 1 N–H and O–H groups in total. The molecule has 4 nitrogen and oxygen atoms in total. The maximum absolute atomic E-state index is 13.5. The van der Waals surface area contributed by atoms with E-state index in [4.69, 9.17) is 0 Å². The van der Waals surface area contributed by atoms with Gasteiger partial charge in [0, 0.05) is 16.5 Å². The molecule has 2 aromatic carbocycles. The number of carboxylic acids is 1. The Labute approximate surface area is 125 Å². The SMILES string of the molecule is Cc1c(C(=O)O)c2ccccc2c(=O)n1-c1cccc(F)c1. The van der Waals surface area contributed by atoms with Gasteiger partial charge in [0.2, 0.25) is 0 Å². The number of halogens is 1. The van der Waals surface area contributed by atoms with Crippen LogP contribution in [0, 0.1) is 12.7 Å². The van der Waals surface area contributed by atoms with E-state index < -0.39 is 11.8 Å². The van der Waals surface area contributed by atoms with Crippen molar-refractivity contribution in [3.8, 4) is 5.69 Å². The molecule has 110 valence electrons. The molecule has 22 heavy (non-hydrogen) atoms. The second kappa shape index (κ2) is 5.11. The highest BCUT2D eigenvalue weighted by atomic mass is 19.1. The normalized spacial score (nSPS) is 10.8. The van der Waals surface area contributed by atoms with Crippen LogP contribution < -0.4 is 5.56 Å². The Balaban J connectivity index is 2.51. The Morgan fingerprint density at radius 3 is 2.41 bits per heavy atom. The minimum absolute atomic E-state index is 0.0412. The Morgan fingerprint density at radius 1 is 1.09 bits per heavy atom. The molecule has 1 aromatic heterocycles. The molecule has 0 aliphatic heterocycles. The maximum Gasteiger partial charge on any atom is 0.338 e. The van der Waals surface area contributed by atoms with Gasteiger partial charge in [-0.2, -0.15) is 0 Å². The maximum atomic E-state index is 13.5. The number of aromatic nitrogens is 1. The van der Waals surface area contributed by atoms with E-state index in [2.05, 4.69) is 0 Å². The molecule has 5 heteroatoms. The fourth-order valence-corrected chi connectivity index (χ4v) is 2.66. The Morgan fingerprint density at radius 2 is 1.77 bits per heavy atom. The van der Waals surface area contributed by atoms with Crippen molar-refractivity contribution in [1.29, 1.82) is 0 Å². The molecule has 3 aromatic rings. The van der Waals surface area contributed by atoms with Crippen molar-refractivity contribution in [3.05, 3.63) is 76.0 Å². The van der Waals surface area contributed by atoms with Gasteiger partial charge in [0.1, 0.15) is 5.82 Å². The van der Waals surface area contributed by atoms with Gasteiger partial charge < -0.3 is 5.11 Å². The van der Waals surface area contributed by atoms with Crippen LogP contribution in [0.1, 0.15) is 16.1 Å². The summed E-state index contributed by atoms with van der Waals surface area (Å²) in [6.45, 7) is 1.54. The summed E-state index contributed by atoms with van der Waals surface area (Å²) in [6, 6.07) is 12.0. The van der Waals surface area contributed by atoms with Crippen LogP contribution >= 0.6 is 0 Å².